The Bertz CT molecular complexity index is 2190. The fourth-order valence-electron chi connectivity index (χ4n) is 6.21. The van der Waals surface area contributed by atoms with Gasteiger partial charge in [-0.25, -0.2) is 39.9 Å². The van der Waals surface area contributed by atoms with Crippen LogP contribution in [0, 0.1) is 29.1 Å². The minimum atomic E-state index is -4.37. The van der Waals surface area contributed by atoms with Crippen LogP contribution < -0.4 is 15.4 Å². The van der Waals surface area contributed by atoms with Gasteiger partial charge in [0.15, 0.2) is 23.3 Å². The summed E-state index contributed by atoms with van der Waals surface area (Å²) in [4.78, 5) is 85.9. The molecular formula is C37H41F5N6O14S. The monoisotopic (exact) mass is 920 g/mol. The van der Waals surface area contributed by atoms with Crippen LogP contribution in [0.15, 0.2) is 48.1 Å². The van der Waals surface area contributed by atoms with Gasteiger partial charge in [-0.2, -0.15) is 0 Å². The Kier molecular flexibility index (Phi) is 18.6. The highest BCUT2D eigenvalue weighted by molar-refractivity contribution is 7.90. The molecular weight excluding hydrogens is 879 g/mol. The predicted octanol–water partition coefficient (Wildman–Crippen LogP) is 1.15. The van der Waals surface area contributed by atoms with Crippen molar-refractivity contribution in [2.75, 3.05) is 64.2 Å². The maximum absolute atomic E-state index is 13.9. The molecule has 20 nitrogen and oxygen atoms in total. The zero-order chi connectivity index (χ0) is 47.2. The number of carboxylic acids is 5. The minimum absolute atomic E-state index is 0.0469. The molecule has 2 aromatic rings. The molecule has 63 heavy (non-hydrogen) atoms. The summed E-state index contributed by atoms with van der Waals surface area (Å²) in [6.07, 6.45) is 3.62. The maximum Gasteiger partial charge on any atom is 0.332 e. The number of amides is 3. The van der Waals surface area contributed by atoms with Gasteiger partial charge in [0, 0.05) is 37.9 Å². The lowest BCUT2D eigenvalue weighted by Gasteiger charge is -2.34. The molecule has 0 bridgehead atoms. The summed E-state index contributed by atoms with van der Waals surface area (Å²) in [7, 11) is -4.37. The Morgan fingerprint density at radius 1 is 0.698 bits per heavy atom. The molecule has 0 aliphatic heterocycles. The molecule has 2 unspecified atom stereocenters. The molecule has 0 heterocycles. The van der Waals surface area contributed by atoms with Crippen LogP contribution in [0.5, 0.6) is 0 Å². The number of anilines is 1. The Labute approximate surface area is 354 Å². The number of carbonyl (C=O) groups is 7. The van der Waals surface area contributed by atoms with Gasteiger partial charge in [-0.05, 0) is 37.0 Å². The molecule has 8 N–H and O–H groups in total. The van der Waals surface area contributed by atoms with Crippen molar-refractivity contribution in [3.8, 4) is 0 Å². The summed E-state index contributed by atoms with van der Waals surface area (Å²) in [6.45, 7) is -4.73. The average Bonchev–Trinajstić information content (AvgIpc) is 3.17. The normalized spacial score (nSPS) is 14.3. The first-order valence-electron chi connectivity index (χ1n) is 18.3. The smallest absolute Gasteiger partial charge is 0.332 e. The number of nitrogens with zero attached hydrogens (tertiary/aromatic N) is 3. The van der Waals surface area contributed by atoms with Crippen LogP contribution in [0.3, 0.4) is 0 Å². The quantitative estimate of drug-likeness (QED) is 0.0394. The van der Waals surface area contributed by atoms with Crippen LogP contribution in [-0.2, 0) is 40.4 Å². The Morgan fingerprint density at radius 3 is 1.68 bits per heavy atom. The molecule has 3 amide bonds. The lowest BCUT2D eigenvalue weighted by molar-refractivity contribution is -0.144. The number of urea groups is 1. The standard InChI is InChI=1S/C37H41F5N6O14S/c38-31-30(32(39)34(41)35(42)33(31)40)36(59)43-10-9-20-3-7-24(8-4-20)63(61,62)45-37(60)44-22-5-1-21(2-6-22)13-23(48(18-28(55)56)19-29(57)58)14-46(15-25(49)50)11-12-47(16-26(51)52)17-27(53)54/h1-7,23-24H,8-19H2,(H,43,59)(H,49,50)(H,51,52)(H,53,54)(H,55,56)(H,57,58)(H2,44,45,60). The number of halogens is 5. The van der Waals surface area contributed by atoms with E-state index in [1.165, 1.54) is 47.4 Å². The summed E-state index contributed by atoms with van der Waals surface area (Å²) >= 11 is 0. The minimum Gasteiger partial charge on any atom is -0.480 e. The molecule has 2 atom stereocenters. The zero-order valence-corrected chi connectivity index (χ0v) is 33.5. The number of allylic oxidation sites excluding steroid dienone is 2. The van der Waals surface area contributed by atoms with Crippen molar-refractivity contribution in [1.29, 1.82) is 0 Å². The first-order chi connectivity index (χ1) is 29.5. The molecule has 3 rings (SSSR count). The van der Waals surface area contributed by atoms with Gasteiger partial charge in [0.1, 0.15) is 10.8 Å². The van der Waals surface area contributed by atoms with Gasteiger partial charge in [0.25, 0.3) is 5.91 Å². The predicted molar refractivity (Wildman–Crippen MR) is 206 cm³/mol. The number of carboxylic acid groups (broad SMARTS) is 5. The molecule has 1 aliphatic rings. The van der Waals surface area contributed by atoms with E-state index < -0.39 is 130 Å². The lowest BCUT2D eigenvalue weighted by atomic mass is 10.0. The summed E-state index contributed by atoms with van der Waals surface area (Å²) in [6, 6.07) is 3.34. The van der Waals surface area contributed by atoms with Gasteiger partial charge in [0.2, 0.25) is 15.8 Å². The molecule has 1 aliphatic carbocycles. The van der Waals surface area contributed by atoms with E-state index in [0.29, 0.717) is 11.1 Å². The van der Waals surface area contributed by atoms with Gasteiger partial charge in [-0.3, -0.25) is 43.5 Å². The number of carbonyl (C=O) groups excluding carboxylic acids is 2. The van der Waals surface area contributed by atoms with Crippen molar-refractivity contribution in [3.05, 3.63) is 88.3 Å². The van der Waals surface area contributed by atoms with Crippen molar-refractivity contribution < 1.29 is 89.5 Å². The van der Waals surface area contributed by atoms with Crippen LogP contribution in [0.2, 0.25) is 0 Å². The van der Waals surface area contributed by atoms with E-state index in [1.807, 2.05) is 10.0 Å². The van der Waals surface area contributed by atoms with Gasteiger partial charge in [-0.1, -0.05) is 35.9 Å². The third kappa shape index (κ3) is 16.0. The first-order valence-corrected chi connectivity index (χ1v) is 19.9. The molecule has 0 fully saturated rings. The second-order valence-electron chi connectivity index (χ2n) is 13.8. The number of rotatable bonds is 25. The second kappa shape index (κ2) is 23.1. The largest absolute Gasteiger partial charge is 0.480 e. The van der Waals surface area contributed by atoms with Crippen LogP contribution >= 0.6 is 0 Å². The van der Waals surface area contributed by atoms with E-state index in [-0.39, 0.29) is 51.1 Å². The topological polar surface area (TPSA) is 301 Å². The summed E-state index contributed by atoms with van der Waals surface area (Å²) in [5, 5.41) is 50.0. The van der Waals surface area contributed by atoms with Gasteiger partial charge in [-0.15, -0.1) is 0 Å². The molecule has 0 saturated carbocycles. The number of nitrogens with one attached hydrogen (secondary N) is 3. The molecule has 0 radical (unpaired) electrons. The van der Waals surface area contributed by atoms with Crippen molar-refractivity contribution in [2.24, 2.45) is 0 Å². The molecule has 26 heteroatoms. The number of sulfonamides is 1. The Hall–Kier alpha value is -6.51. The number of hydrogen-bond acceptors (Lipinski definition) is 12. The van der Waals surface area contributed by atoms with Crippen molar-refractivity contribution in [1.82, 2.24) is 24.7 Å². The van der Waals surface area contributed by atoms with E-state index in [2.05, 4.69) is 5.32 Å². The molecule has 2 aromatic carbocycles. The zero-order valence-electron chi connectivity index (χ0n) is 32.7. The van der Waals surface area contributed by atoms with Crippen molar-refractivity contribution >= 4 is 57.5 Å². The SMILES string of the molecule is O=C(O)CN(CCN(CC(=O)O)CC(Cc1ccc(NC(=O)NS(=O)(=O)C2C=CC(CCNC(=O)c3c(F)c(F)c(F)c(F)c3F)=CC2)cc1)N(CC(=O)O)CC(=O)O)CC(=O)O. The highest BCUT2D eigenvalue weighted by Gasteiger charge is 2.31. The van der Waals surface area contributed by atoms with Gasteiger partial charge < -0.3 is 36.2 Å². The fourth-order valence-corrected chi connectivity index (χ4v) is 7.30. The average molecular weight is 921 g/mol. The third-order valence-electron chi connectivity index (χ3n) is 9.06. The molecule has 344 valence electrons. The lowest BCUT2D eigenvalue weighted by Crippen LogP contribution is -2.51. The number of hydrogen-bond donors (Lipinski definition) is 8. The van der Waals surface area contributed by atoms with Crippen LogP contribution in [-0.4, -0.2) is 161 Å². The van der Waals surface area contributed by atoms with Crippen LogP contribution in [0.4, 0.5) is 32.4 Å². The third-order valence-corrected chi connectivity index (χ3v) is 10.7. The Morgan fingerprint density at radius 2 is 1.19 bits per heavy atom. The van der Waals surface area contributed by atoms with E-state index >= 15 is 0 Å². The van der Waals surface area contributed by atoms with E-state index in [0.717, 1.165) is 9.80 Å². The van der Waals surface area contributed by atoms with Crippen LogP contribution in [0.25, 0.3) is 0 Å². The molecule has 0 spiro atoms. The fraction of sp³-hybridized carbons (Fsp3) is 0.378. The first kappa shape index (κ1) is 50.8. The Balaban J connectivity index is 1.65. The highest BCUT2D eigenvalue weighted by atomic mass is 32.2. The van der Waals surface area contributed by atoms with Gasteiger partial charge >= 0.3 is 35.9 Å². The van der Waals surface area contributed by atoms with Crippen molar-refractivity contribution in [3.63, 3.8) is 0 Å². The summed E-state index contributed by atoms with van der Waals surface area (Å²) in [5.74, 6) is -20.1. The maximum atomic E-state index is 13.9. The summed E-state index contributed by atoms with van der Waals surface area (Å²) in [5.41, 5.74) is -0.768. The second-order valence-corrected chi connectivity index (χ2v) is 15.7. The summed E-state index contributed by atoms with van der Waals surface area (Å²) < 4.78 is 95.9. The molecule has 0 aromatic heterocycles. The van der Waals surface area contributed by atoms with Crippen molar-refractivity contribution in [2.45, 2.75) is 30.6 Å². The number of benzene rings is 2. The van der Waals surface area contributed by atoms with Crippen LogP contribution in [0.1, 0.15) is 28.8 Å². The number of aliphatic carboxylic acids is 5. The van der Waals surface area contributed by atoms with E-state index in [9.17, 15) is 79.3 Å². The van der Waals surface area contributed by atoms with Gasteiger partial charge in [0.05, 0.1) is 32.7 Å². The van der Waals surface area contributed by atoms with E-state index in [1.54, 1.807) is 0 Å². The molecule has 0 saturated heterocycles. The van der Waals surface area contributed by atoms with E-state index in [4.69, 9.17) is 10.2 Å². The highest BCUT2D eigenvalue weighted by Crippen LogP contribution is 2.24.